The zero-order valence-corrected chi connectivity index (χ0v) is 17.6. The molecule has 0 bridgehead atoms. The van der Waals surface area contributed by atoms with Crippen molar-refractivity contribution in [2.75, 3.05) is 18.1 Å². The van der Waals surface area contributed by atoms with Crippen molar-refractivity contribution in [1.29, 1.82) is 0 Å². The molecule has 1 amide bonds. The molecule has 5 heteroatoms. The maximum Gasteiger partial charge on any atom is 0.414 e. The van der Waals surface area contributed by atoms with Crippen LogP contribution in [0.2, 0.25) is 0 Å². The first kappa shape index (κ1) is 20.9. The molecule has 0 fully saturated rings. The number of benzene rings is 2. The summed E-state index contributed by atoms with van der Waals surface area (Å²) in [6.07, 6.45) is 0.727. The summed E-state index contributed by atoms with van der Waals surface area (Å²) >= 11 is 0. The monoisotopic (exact) mass is 395 g/mol. The van der Waals surface area contributed by atoms with Gasteiger partial charge < -0.3 is 9.47 Å². The first-order valence-electron chi connectivity index (χ1n) is 10.1. The molecule has 2 aromatic rings. The Bertz CT molecular complexity index is 870. The van der Waals surface area contributed by atoms with Gasteiger partial charge in [0.15, 0.2) is 0 Å². The summed E-state index contributed by atoms with van der Waals surface area (Å²) in [5.74, 6) is -0.298. The van der Waals surface area contributed by atoms with E-state index in [-0.39, 0.29) is 24.4 Å². The number of carbonyl (C=O) groups excluding carboxylic acids is 2. The first-order chi connectivity index (χ1) is 13.8. The fraction of sp³-hybridized carbons (Fsp3) is 0.417. The third-order valence-electron chi connectivity index (χ3n) is 4.89. The lowest BCUT2D eigenvalue weighted by Crippen LogP contribution is -2.35. The highest BCUT2D eigenvalue weighted by Crippen LogP contribution is 2.35. The highest BCUT2D eigenvalue weighted by molar-refractivity contribution is 5.90. The van der Waals surface area contributed by atoms with Crippen LogP contribution in [0.25, 0.3) is 0 Å². The second kappa shape index (κ2) is 8.68. The molecular formula is C24H29NO4. The number of ether oxygens (including phenoxy) is 2. The van der Waals surface area contributed by atoms with Gasteiger partial charge in [0, 0.05) is 12.5 Å². The molecule has 154 valence electrons. The van der Waals surface area contributed by atoms with Crippen molar-refractivity contribution >= 4 is 17.7 Å². The number of rotatable bonds is 5. The average molecular weight is 395 g/mol. The molecule has 0 saturated heterocycles. The van der Waals surface area contributed by atoms with Gasteiger partial charge in [-0.15, -0.1) is 0 Å². The molecule has 1 aliphatic rings. The quantitative estimate of drug-likeness (QED) is 0.663. The minimum absolute atomic E-state index is 0.0869. The molecule has 0 aromatic heterocycles. The minimum Gasteiger partial charge on any atom is -0.466 e. The van der Waals surface area contributed by atoms with Crippen molar-refractivity contribution in [3.05, 3.63) is 65.2 Å². The van der Waals surface area contributed by atoms with Crippen LogP contribution in [0.5, 0.6) is 0 Å². The van der Waals surface area contributed by atoms with Crippen LogP contribution in [0.1, 0.15) is 56.7 Å². The Balaban J connectivity index is 1.88. The number of fused-ring (bicyclic) bond motifs is 1. The molecule has 0 N–H and O–H groups in total. The van der Waals surface area contributed by atoms with Crippen molar-refractivity contribution in [2.45, 2.75) is 52.1 Å². The van der Waals surface area contributed by atoms with Crippen LogP contribution in [-0.4, -0.2) is 30.8 Å². The van der Waals surface area contributed by atoms with Gasteiger partial charge in [0.25, 0.3) is 0 Å². The molecule has 1 aliphatic heterocycles. The van der Waals surface area contributed by atoms with E-state index in [0.29, 0.717) is 13.2 Å². The lowest BCUT2D eigenvalue weighted by atomic mass is 9.87. The molecule has 5 nitrogen and oxygen atoms in total. The van der Waals surface area contributed by atoms with Crippen LogP contribution in [0.3, 0.4) is 0 Å². The maximum atomic E-state index is 12.5. The normalized spacial score (nSPS) is 14.3. The summed E-state index contributed by atoms with van der Waals surface area (Å²) in [5, 5.41) is 0. The Morgan fingerprint density at radius 1 is 1.07 bits per heavy atom. The van der Waals surface area contributed by atoms with Crippen molar-refractivity contribution in [3.63, 3.8) is 0 Å². The van der Waals surface area contributed by atoms with Crippen LogP contribution < -0.4 is 4.90 Å². The van der Waals surface area contributed by atoms with Crippen LogP contribution in [0.4, 0.5) is 10.5 Å². The van der Waals surface area contributed by atoms with E-state index in [4.69, 9.17) is 9.47 Å². The Hall–Kier alpha value is -2.82. The third kappa shape index (κ3) is 5.17. The van der Waals surface area contributed by atoms with Gasteiger partial charge in [0.2, 0.25) is 0 Å². The predicted molar refractivity (Wildman–Crippen MR) is 113 cm³/mol. The average Bonchev–Trinajstić information content (AvgIpc) is 3.09. The number of carbonyl (C=O) groups is 2. The topological polar surface area (TPSA) is 55.8 Å². The largest absolute Gasteiger partial charge is 0.466 e. The van der Waals surface area contributed by atoms with Gasteiger partial charge in [-0.3, -0.25) is 9.69 Å². The number of nitrogens with zero attached hydrogens (tertiary/aromatic N) is 1. The summed E-state index contributed by atoms with van der Waals surface area (Å²) in [6.45, 7) is 8.38. The maximum absolute atomic E-state index is 12.5. The molecule has 1 unspecified atom stereocenters. The number of esters is 1. The second-order valence-electron chi connectivity index (χ2n) is 8.24. The Morgan fingerprint density at radius 3 is 2.45 bits per heavy atom. The van der Waals surface area contributed by atoms with Gasteiger partial charge in [0.05, 0.1) is 18.7 Å². The Morgan fingerprint density at radius 2 is 1.79 bits per heavy atom. The van der Waals surface area contributed by atoms with E-state index in [1.54, 1.807) is 4.90 Å². The van der Waals surface area contributed by atoms with E-state index in [1.807, 2.05) is 70.2 Å². The van der Waals surface area contributed by atoms with Crippen LogP contribution in [0, 0.1) is 0 Å². The van der Waals surface area contributed by atoms with Gasteiger partial charge >= 0.3 is 12.1 Å². The van der Waals surface area contributed by atoms with Crippen molar-refractivity contribution < 1.29 is 19.1 Å². The second-order valence-corrected chi connectivity index (χ2v) is 8.24. The fourth-order valence-corrected chi connectivity index (χ4v) is 3.65. The lowest BCUT2D eigenvalue weighted by molar-refractivity contribution is -0.143. The Kier molecular flexibility index (Phi) is 6.26. The van der Waals surface area contributed by atoms with E-state index in [0.717, 1.165) is 28.8 Å². The number of hydrogen-bond acceptors (Lipinski definition) is 4. The summed E-state index contributed by atoms with van der Waals surface area (Å²) in [5.41, 5.74) is 3.57. The molecule has 3 rings (SSSR count). The van der Waals surface area contributed by atoms with Crippen molar-refractivity contribution in [3.8, 4) is 0 Å². The molecule has 1 heterocycles. The van der Waals surface area contributed by atoms with Gasteiger partial charge in [-0.25, -0.2) is 4.79 Å². The fourth-order valence-electron chi connectivity index (χ4n) is 3.65. The zero-order chi connectivity index (χ0) is 21.0. The van der Waals surface area contributed by atoms with Gasteiger partial charge in [0.1, 0.15) is 5.60 Å². The highest BCUT2D eigenvalue weighted by atomic mass is 16.6. The third-order valence-corrected chi connectivity index (χ3v) is 4.89. The molecule has 2 aromatic carbocycles. The lowest BCUT2D eigenvalue weighted by Gasteiger charge is -2.25. The Labute approximate surface area is 172 Å². The first-order valence-corrected chi connectivity index (χ1v) is 10.1. The smallest absolute Gasteiger partial charge is 0.414 e. The predicted octanol–water partition coefficient (Wildman–Crippen LogP) is 5.07. The van der Waals surface area contributed by atoms with E-state index in [1.165, 1.54) is 0 Å². The van der Waals surface area contributed by atoms with Crippen molar-refractivity contribution in [1.82, 2.24) is 0 Å². The molecule has 29 heavy (non-hydrogen) atoms. The van der Waals surface area contributed by atoms with Gasteiger partial charge in [-0.05, 0) is 56.9 Å². The van der Waals surface area contributed by atoms with E-state index in [9.17, 15) is 9.59 Å². The summed E-state index contributed by atoms with van der Waals surface area (Å²) < 4.78 is 10.7. The van der Waals surface area contributed by atoms with Crippen LogP contribution in [0.15, 0.2) is 48.5 Å². The molecule has 0 saturated carbocycles. The molecule has 0 radical (unpaired) electrons. The van der Waals surface area contributed by atoms with Gasteiger partial charge in [-0.1, -0.05) is 42.5 Å². The molecule has 0 aliphatic carbocycles. The highest BCUT2D eigenvalue weighted by Gasteiger charge is 2.30. The standard InChI is InChI=1S/C24H29NO4/c1-5-28-22(26)16-20(17-9-7-6-8-10-17)18-11-12-21-19(15-18)13-14-25(21)23(27)29-24(2,3)4/h6-12,15,20H,5,13-14,16H2,1-4H3. The number of hydrogen-bond donors (Lipinski definition) is 0. The SMILES string of the molecule is CCOC(=O)CC(c1ccccc1)c1ccc2c(c1)CCN2C(=O)OC(C)(C)C. The number of anilines is 1. The minimum atomic E-state index is -0.530. The molecule has 0 spiro atoms. The summed E-state index contributed by atoms with van der Waals surface area (Å²) in [6, 6.07) is 16.1. The van der Waals surface area contributed by atoms with Gasteiger partial charge in [-0.2, -0.15) is 0 Å². The number of amides is 1. The molecular weight excluding hydrogens is 366 g/mol. The van der Waals surface area contributed by atoms with Crippen LogP contribution >= 0.6 is 0 Å². The summed E-state index contributed by atoms with van der Waals surface area (Å²) in [4.78, 5) is 26.4. The van der Waals surface area contributed by atoms with E-state index >= 15 is 0 Å². The van der Waals surface area contributed by atoms with E-state index < -0.39 is 5.60 Å². The molecule has 1 atom stereocenters. The van der Waals surface area contributed by atoms with Crippen LogP contribution in [-0.2, 0) is 20.7 Å². The van der Waals surface area contributed by atoms with Crippen molar-refractivity contribution in [2.24, 2.45) is 0 Å². The zero-order valence-electron chi connectivity index (χ0n) is 17.6. The van der Waals surface area contributed by atoms with E-state index in [2.05, 4.69) is 6.07 Å². The summed E-state index contributed by atoms with van der Waals surface area (Å²) in [7, 11) is 0.